The number of piperidine rings is 1. The molecule has 1 saturated heterocycles. The molecule has 2 N–H and O–H groups in total. The van der Waals surface area contributed by atoms with Crippen LogP contribution in [0.15, 0.2) is 11.6 Å². The minimum atomic E-state index is -0.347. The van der Waals surface area contributed by atoms with Crippen LogP contribution in [0.2, 0.25) is 0 Å². The fourth-order valence-corrected chi connectivity index (χ4v) is 2.12. The first-order chi connectivity index (χ1) is 7.44. The molecule has 16 heavy (non-hydrogen) atoms. The molecule has 1 amide bonds. The molecule has 1 fully saturated rings. The molecule has 1 atom stereocenters. The molecule has 1 aliphatic heterocycles. The van der Waals surface area contributed by atoms with Crippen molar-refractivity contribution in [1.29, 1.82) is 0 Å². The monoisotopic (exact) mass is 244 g/mol. The van der Waals surface area contributed by atoms with Crippen molar-refractivity contribution >= 4 is 17.5 Å². The van der Waals surface area contributed by atoms with Gasteiger partial charge in [-0.25, -0.2) is 0 Å². The molecule has 92 valence electrons. The first kappa shape index (κ1) is 13.5. The van der Waals surface area contributed by atoms with Crippen LogP contribution in [0.5, 0.6) is 0 Å². The third-order valence-electron chi connectivity index (χ3n) is 3.34. The zero-order valence-electron chi connectivity index (χ0n) is 10.1. The Morgan fingerprint density at radius 2 is 2.31 bits per heavy atom. The first-order valence-corrected chi connectivity index (χ1v) is 6.14. The third kappa shape index (κ3) is 3.49. The van der Waals surface area contributed by atoms with Gasteiger partial charge < -0.3 is 10.6 Å². The van der Waals surface area contributed by atoms with E-state index in [-0.39, 0.29) is 11.3 Å². The van der Waals surface area contributed by atoms with Crippen LogP contribution >= 0.6 is 11.6 Å². The number of carbonyl (C=O) groups excluding carboxylic acids is 1. The summed E-state index contributed by atoms with van der Waals surface area (Å²) in [7, 11) is 0. The second-order valence-corrected chi connectivity index (χ2v) is 5.50. The van der Waals surface area contributed by atoms with E-state index < -0.39 is 0 Å². The molecular formula is C12H21ClN2O. The van der Waals surface area contributed by atoms with Crippen molar-refractivity contribution in [2.24, 2.45) is 11.3 Å². The average Bonchev–Trinajstić information content (AvgIpc) is 2.27. The zero-order valence-corrected chi connectivity index (χ0v) is 10.9. The third-order valence-corrected chi connectivity index (χ3v) is 3.48. The minimum Gasteiger partial charge on any atom is -0.351 e. The van der Waals surface area contributed by atoms with Gasteiger partial charge in [0.25, 0.3) is 0 Å². The maximum Gasteiger partial charge on any atom is 0.226 e. The molecular weight excluding hydrogens is 224 g/mol. The van der Waals surface area contributed by atoms with Gasteiger partial charge in [0.15, 0.2) is 0 Å². The zero-order chi connectivity index (χ0) is 12.2. The van der Waals surface area contributed by atoms with Gasteiger partial charge in [0.1, 0.15) is 0 Å². The number of halogens is 1. The SMILES string of the molecule is C=C(Cl)CNC(=O)C(C)(C)C1CCCNC1. The Morgan fingerprint density at radius 3 is 2.81 bits per heavy atom. The lowest BCUT2D eigenvalue weighted by atomic mass is 9.74. The predicted octanol–water partition coefficient (Wildman–Crippen LogP) is 1.88. The Morgan fingerprint density at radius 1 is 1.62 bits per heavy atom. The van der Waals surface area contributed by atoms with E-state index in [0.29, 0.717) is 17.5 Å². The van der Waals surface area contributed by atoms with Crippen molar-refractivity contribution < 1.29 is 4.79 Å². The first-order valence-electron chi connectivity index (χ1n) is 5.77. The van der Waals surface area contributed by atoms with Crippen LogP contribution in [0.1, 0.15) is 26.7 Å². The quantitative estimate of drug-likeness (QED) is 0.793. The van der Waals surface area contributed by atoms with Crippen molar-refractivity contribution in [2.45, 2.75) is 26.7 Å². The molecule has 0 aromatic heterocycles. The van der Waals surface area contributed by atoms with Gasteiger partial charge in [0, 0.05) is 10.4 Å². The summed E-state index contributed by atoms with van der Waals surface area (Å²) in [6.45, 7) is 9.89. The second-order valence-electron chi connectivity index (χ2n) is 4.96. The van der Waals surface area contributed by atoms with E-state index in [0.717, 1.165) is 25.9 Å². The van der Waals surface area contributed by atoms with Crippen LogP contribution in [0.25, 0.3) is 0 Å². The van der Waals surface area contributed by atoms with E-state index in [2.05, 4.69) is 17.2 Å². The standard InChI is InChI=1S/C12H21ClN2O/c1-9(13)7-15-11(16)12(2,3)10-5-4-6-14-8-10/h10,14H,1,4-8H2,2-3H3,(H,15,16). The molecule has 0 bridgehead atoms. The van der Waals surface area contributed by atoms with E-state index in [1.807, 2.05) is 13.8 Å². The average molecular weight is 245 g/mol. The number of rotatable bonds is 4. The van der Waals surface area contributed by atoms with Gasteiger partial charge in [-0.1, -0.05) is 32.0 Å². The van der Waals surface area contributed by atoms with Crippen LogP contribution in [0.4, 0.5) is 0 Å². The molecule has 0 aromatic carbocycles. The molecule has 1 rings (SSSR count). The fraction of sp³-hybridized carbons (Fsp3) is 0.750. The van der Waals surface area contributed by atoms with Crippen molar-refractivity contribution in [2.75, 3.05) is 19.6 Å². The highest BCUT2D eigenvalue weighted by Gasteiger charge is 2.36. The summed E-state index contributed by atoms with van der Waals surface area (Å²) in [5.74, 6) is 0.452. The van der Waals surface area contributed by atoms with E-state index in [1.54, 1.807) is 0 Å². The molecule has 0 aromatic rings. The molecule has 1 aliphatic rings. The highest BCUT2D eigenvalue weighted by atomic mass is 35.5. The van der Waals surface area contributed by atoms with Gasteiger partial charge >= 0.3 is 0 Å². The van der Waals surface area contributed by atoms with Crippen molar-refractivity contribution in [1.82, 2.24) is 10.6 Å². The van der Waals surface area contributed by atoms with Gasteiger partial charge in [0.05, 0.1) is 6.54 Å². The van der Waals surface area contributed by atoms with E-state index in [4.69, 9.17) is 11.6 Å². The summed E-state index contributed by atoms with van der Waals surface area (Å²) in [5, 5.41) is 6.62. The number of amides is 1. The van der Waals surface area contributed by atoms with Gasteiger partial charge in [-0.3, -0.25) is 4.79 Å². The van der Waals surface area contributed by atoms with E-state index in [1.165, 1.54) is 0 Å². The topological polar surface area (TPSA) is 41.1 Å². The molecule has 4 heteroatoms. The molecule has 0 saturated carbocycles. The summed E-state index contributed by atoms with van der Waals surface area (Å²) >= 11 is 5.64. The fourth-order valence-electron chi connectivity index (χ4n) is 2.06. The Hall–Kier alpha value is -0.540. The minimum absolute atomic E-state index is 0.0583. The maximum absolute atomic E-state index is 12.0. The van der Waals surface area contributed by atoms with Crippen LogP contribution < -0.4 is 10.6 Å². The highest BCUT2D eigenvalue weighted by Crippen LogP contribution is 2.31. The smallest absolute Gasteiger partial charge is 0.226 e. The van der Waals surface area contributed by atoms with E-state index in [9.17, 15) is 4.79 Å². The van der Waals surface area contributed by atoms with Gasteiger partial charge in [-0.2, -0.15) is 0 Å². The Labute approximate surface area is 103 Å². The Bertz CT molecular complexity index is 270. The highest BCUT2D eigenvalue weighted by molar-refractivity contribution is 6.29. The molecule has 0 aliphatic carbocycles. The molecule has 3 nitrogen and oxygen atoms in total. The number of nitrogens with one attached hydrogen (secondary N) is 2. The predicted molar refractivity (Wildman–Crippen MR) is 67.4 cm³/mol. The Kier molecular flexibility index (Phi) is 4.81. The number of carbonyl (C=O) groups is 1. The van der Waals surface area contributed by atoms with Crippen molar-refractivity contribution in [3.63, 3.8) is 0 Å². The van der Waals surface area contributed by atoms with E-state index >= 15 is 0 Å². The summed E-state index contributed by atoms with van der Waals surface area (Å²) in [6.07, 6.45) is 2.25. The lowest BCUT2D eigenvalue weighted by molar-refractivity contribution is -0.132. The lowest BCUT2D eigenvalue weighted by Gasteiger charge is -2.36. The van der Waals surface area contributed by atoms with Crippen LogP contribution in [0.3, 0.4) is 0 Å². The summed E-state index contributed by atoms with van der Waals surface area (Å²) < 4.78 is 0. The molecule has 1 heterocycles. The van der Waals surface area contributed by atoms with Crippen molar-refractivity contribution in [3.8, 4) is 0 Å². The summed E-state index contributed by atoms with van der Waals surface area (Å²) in [5.41, 5.74) is -0.347. The van der Waals surface area contributed by atoms with Gasteiger partial charge in [-0.15, -0.1) is 0 Å². The van der Waals surface area contributed by atoms with Crippen LogP contribution in [-0.2, 0) is 4.79 Å². The van der Waals surface area contributed by atoms with Crippen LogP contribution in [-0.4, -0.2) is 25.5 Å². The molecule has 0 spiro atoms. The number of hydrogen-bond donors (Lipinski definition) is 2. The molecule has 0 radical (unpaired) electrons. The lowest BCUT2D eigenvalue weighted by Crippen LogP contribution is -2.47. The van der Waals surface area contributed by atoms with Gasteiger partial charge in [-0.05, 0) is 31.8 Å². The van der Waals surface area contributed by atoms with Gasteiger partial charge in [0.2, 0.25) is 5.91 Å². The largest absolute Gasteiger partial charge is 0.351 e. The summed E-state index contributed by atoms with van der Waals surface area (Å²) in [4.78, 5) is 12.0. The maximum atomic E-state index is 12.0. The summed E-state index contributed by atoms with van der Waals surface area (Å²) in [6, 6.07) is 0. The number of hydrogen-bond acceptors (Lipinski definition) is 2. The normalized spacial score (nSPS) is 21.6. The molecule has 1 unspecified atom stereocenters. The van der Waals surface area contributed by atoms with Crippen LogP contribution in [0, 0.1) is 11.3 Å². The Balaban J connectivity index is 2.53. The van der Waals surface area contributed by atoms with Crippen molar-refractivity contribution in [3.05, 3.63) is 11.6 Å². The second kappa shape index (κ2) is 5.69.